The van der Waals surface area contributed by atoms with Gasteiger partial charge in [-0.2, -0.15) is 5.10 Å². The van der Waals surface area contributed by atoms with Gasteiger partial charge in [0.2, 0.25) is 0 Å². The molecule has 0 aliphatic carbocycles. The van der Waals surface area contributed by atoms with Crippen molar-refractivity contribution in [1.29, 1.82) is 0 Å². The van der Waals surface area contributed by atoms with Gasteiger partial charge in [-0.25, -0.2) is 9.07 Å². The molecule has 3 rings (SSSR count). The molecule has 0 spiro atoms. The third-order valence-corrected chi connectivity index (χ3v) is 4.02. The summed E-state index contributed by atoms with van der Waals surface area (Å²) in [6, 6.07) is 10.1. The van der Waals surface area contributed by atoms with Gasteiger partial charge in [0.1, 0.15) is 17.1 Å². The van der Waals surface area contributed by atoms with Crippen LogP contribution in [0.2, 0.25) is 0 Å². The molecule has 130 valence electrons. The molecule has 1 amide bonds. The highest BCUT2D eigenvalue weighted by Crippen LogP contribution is 2.21. The molecule has 2 heterocycles. The smallest absolute Gasteiger partial charge is 0.256 e. The van der Waals surface area contributed by atoms with Crippen LogP contribution >= 0.6 is 0 Å². The van der Waals surface area contributed by atoms with Gasteiger partial charge in [-0.15, -0.1) is 0 Å². The van der Waals surface area contributed by atoms with Gasteiger partial charge in [-0.1, -0.05) is 25.5 Å². The average Bonchev–Trinajstić information content (AvgIpc) is 3.24. The number of para-hydroxylation sites is 1. The van der Waals surface area contributed by atoms with E-state index in [2.05, 4.69) is 17.3 Å². The van der Waals surface area contributed by atoms with Crippen molar-refractivity contribution in [3.8, 4) is 11.5 Å². The quantitative estimate of drug-likeness (QED) is 0.743. The molecule has 0 saturated carbocycles. The van der Waals surface area contributed by atoms with E-state index < -0.39 is 5.82 Å². The number of hydrogen-bond acceptors (Lipinski definition) is 2. The van der Waals surface area contributed by atoms with Gasteiger partial charge in [0.25, 0.3) is 5.91 Å². The molecule has 0 aliphatic rings. The first-order valence-electron chi connectivity index (χ1n) is 8.39. The molecular weight excluding hydrogens is 319 g/mol. The number of nitrogens with one attached hydrogen (secondary N) is 1. The van der Waals surface area contributed by atoms with Crippen LogP contribution in [0.15, 0.2) is 55.0 Å². The maximum atomic E-state index is 14.2. The van der Waals surface area contributed by atoms with E-state index in [1.807, 2.05) is 19.1 Å². The highest BCUT2D eigenvalue weighted by Gasteiger charge is 2.22. The van der Waals surface area contributed by atoms with Crippen LogP contribution in [0.25, 0.3) is 11.5 Å². The predicted molar refractivity (Wildman–Crippen MR) is 94.7 cm³/mol. The number of aromatic nitrogens is 3. The van der Waals surface area contributed by atoms with Gasteiger partial charge in [0, 0.05) is 18.4 Å². The number of amides is 1. The number of benzene rings is 1. The Labute approximate surface area is 146 Å². The highest BCUT2D eigenvalue weighted by atomic mass is 19.1. The summed E-state index contributed by atoms with van der Waals surface area (Å²) in [6.07, 6.45) is 6.98. The van der Waals surface area contributed by atoms with E-state index in [0.717, 1.165) is 12.8 Å². The first-order valence-corrected chi connectivity index (χ1v) is 8.39. The van der Waals surface area contributed by atoms with Gasteiger partial charge in [-0.05, 0) is 37.6 Å². The Kier molecular flexibility index (Phi) is 4.97. The predicted octanol–water partition coefficient (Wildman–Crippen LogP) is 3.72. The largest absolute Gasteiger partial charge is 0.349 e. The van der Waals surface area contributed by atoms with Crippen molar-refractivity contribution in [2.24, 2.45) is 0 Å². The van der Waals surface area contributed by atoms with Crippen molar-refractivity contribution in [3.63, 3.8) is 0 Å². The molecule has 0 fully saturated rings. The number of nitrogens with zero attached hydrogens (tertiary/aromatic N) is 3. The van der Waals surface area contributed by atoms with Crippen molar-refractivity contribution in [3.05, 3.63) is 66.4 Å². The summed E-state index contributed by atoms with van der Waals surface area (Å²) < 4.78 is 17.5. The molecule has 0 aliphatic heterocycles. The van der Waals surface area contributed by atoms with Crippen molar-refractivity contribution < 1.29 is 9.18 Å². The van der Waals surface area contributed by atoms with Gasteiger partial charge in [0.05, 0.1) is 6.20 Å². The number of rotatable bonds is 6. The fourth-order valence-corrected chi connectivity index (χ4v) is 2.83. The van der Waals surface area contributed by atoms with Crippen molar-refractivity contribution in [2.75, 3.05) is 0 Å². The molecule has 6 heteroatoms. The molecule has 3 aromatic rings. The number of halogens is 1. The van der Waals surface area contributed by atoms with E-state index >= 15 is 0 Å². The molecule has 1 atom stereocenters. The molecule has 1 unspecified atom stereocenters. The standard InChI is InChI=1S/C19H21FN4O/c1-3-8-14(2)22-18(25)15-13-21-24(17-10-5-4-9-16(17)20)19(15)23-11-6-7-12-23/h4-7,9-14H,3,8H2,1-2H3,(H,22,25). The number of hydrogen-bond donors (Lipinski definition) is 1. The van der Waals surface area contributed by atoms with Crippen LogP contribution < -0.4 is 5.32 Å². The van der Waals surface area contributed by atoms with E-state index in [1.165, 1.54) is 16.9 Å². The van der Waals surface area contributed by atoms with Crippen LogP contribution in [-0.4, -0.2) is 26.3 Å². The minimum Gasteiger partial charge on any atom is -0.349 e. The normalized spacial score (nSPS) is 12.1. The zero-order valence-corrected chi connectivity index (χ0v) is 14.3. The van der Waals surface area contributed by atoms with E-state index in [4.69, 9.17) is 0 Å². The highest BCUT2D eigenvalue weighted by molar-refractivity contribution is 5.97. The van der Waals surface area contributed by atoms with Crippen LogP contribution in [0.3, 0.4) is 0 Å². The van der Waals surface area contributed by atoms with E-state index in [-0.39, 0.29) is 11.9 Å². The molecule has 0 radical (unpaired) electrons. The van der Waals surface area contributed by atoms with Gasteiger partial charge in [-0.3, -0.25) is 4.79 Å². The lowest BCUT2D eigenvalue weighted by Crippen LogP contribution is -2.32. The third-order valence-electron chi connectivity index (χ3n) is 4.02. The number of carbonyl (C=O) groups is 1. The Hall–Kier alpha value is -2.89. The van der Waals surface area contributed by atoms with Gasteiger partial charge in [0.15, 0.2) is 5.82 Å². The summed E-state index contributed by atoms with van der Waals surface area (Å²) in [6.45, 7) is 4.04. The molecule has 0 saturated heterocycles. The second-order valence-electron chi connectivity index (χ2n) is 6.00. The molecular formula is C19H21FN4O. The topological polar surface area (TPSA) is 51.9 Å². The van der Waals surface area contributed by atoms with Crippen LogP contribution in [0, 0.1) is 5.82 Å². The summed E-state index contributed by atoms with van der Waals surface area (Å²) in [7, 11) is 0. The number of carbonyl (C=O) groups excluding carboxylic acids is 1. The average molecular weight is 340 g/mol. The molecule has 0 bridgehead atoms. The van der Waals surface area contributed by atoms with Crippen molar-refractivity contribution in [2.45, 2.75) is 32.7 Å². The second-order valence-corrected chi connectivity index (χ2v) is 6.00. The Morgan fingerprint density at radius 1 is 1.24 bits per heavy atom. The minimum absolute atomic E-state index is 0.0619. The SMILES string of the molecule is CCCC(C)NC(=O)c1cnn(-c2ccccc2F)c1-n1cccc1. The summed E-state index contributed by atoms with van der Waals surface area (Å²) in [5.41, 5.74) is 0.703. The first kappa shape index (κ1) is 17.0. The lowest BCUT2D eigenvalue weighted by molar-refractivity contribution is 0.0938. The Morgan fingerprint density at radius 2 is 1.96 bits per heavy atom. The molecule has 2 aromatic heterocycles. The summed E-state index contributed by atoms with van der Waals surface area (Å²) in [5, 5.41) is 7.25. The lowest BCUT2D eigenvalue weighted by atomic mass is 10.2. The van der Waals surface area contributed by atoms with E-state index in [9.17, 15) is 9.18 Å². The molecule has 5 nitrogen and oxygen atoms in total. The van der Waals surface area contributed by atoms with Crippen LogP contribution in [0.4, 0.5) is 4.39 Å². The van der Waals surface area contributed by atoms with Gasteiger partial charge < -0.3 is 9.88 Å². The third kappa shape index (κ3) is 3.47. The zero-order valence-electron chi connectivity index (χ0n) is 14.3. The van der Waals surface area contributed by atoms with E-state index in [1.54, 1.807) is 35.2 Å². The Balaban J connectivity index is 2.06. The van der Waals surface area contributed by atoms with Crippen molar-refractivity contribution >= 4 is 5.91 Å². The Bertz CT molecular complexity index is 854. The summed E-state index contributed by atoms with van der Waals surface area (Å²) in [4.78, 5) is 12.7. The summed E-state index contributed by atoms with van der Waals surface area (Å²) in [5.74, 6) is -0.103. The lowest BCUT2D eigenvalue weighted by Gasteiger charge is -2.14. The van der Waals surface area contributed by atoms with Crippen LogP contribution in [0.1, 0.15) is 37.0 Å². The van der Waals surface area contributed by atoms with Crippen LogP contribution in [0.5, 0.6) is 0 Å². The van der Waals surface area contributed by atoms with Crippen LogP contribution in [-0.2, 0) is 0 Å². The fourth-order valence-electron chi connectivity index (χ4n) is 2.83. The Morgan fingerprint density at radius 3 is 2.64 bits per heavy atom. The molecule has 1 aromatic carbocycles. The monoisotopic (exact) mass is 340 g/mol. The maximum absolute atomic E-state index is 14.2. The fraction of sp³-hybridized carbons (Fsp3) is 0.263. The zero-order chi connectivity index (χ0) is 17.8. The first-order chi connectivity index (χ1) is 12.1. The van der Waals surface area contributed by atoms with Gasteiger partial charge >= 0.3 is 0 Å². The molecule has 25 heavy (non-hydrogen) atoms. The maximum Gasteiger partial charge on any atom is 0.256 e. The molecule has 1 N–H and O–H groups in total. The van der Waals surface area contributed by atoms with E-state index in [0.29, 0.717) is 17.1 Å². The summed E-state index contributed by atoms with van der Waals surface area (Å²) >= 11 is 0. The van der Waals surface area contributed by atoms with Crippen molar-refractivity contribution in [1.82, 2.24) is 19.7 Å². The second kappa shape index (κ2) is 7.34. The minimum atomic E-state index is -0.398.